The molecule has 2 aromatic carbocycles. The van der Waals surface area contributed by atoms with Gasteiger partial charge in [0.25, 0.3) is 0 Å². The van der Waals surface area contributed by atoms with Crippen molar-refractivity contribution in [3.63, 3.8) is 0 Å². The van der Waals surface area contributed by atoms with Crippen LogP contribution < -0.4 is 40.4 Å². The van der Waals surface area contributed by atoms with Gasteiger partial charge in [0.05, 0.1) is 29.0 Å². The first-order valence-electron chi connectivity index (χ1n) is 7.42. The average molecular weight is 373 g/mol. The predicted molar refractivity (Wildman–Crippen MR) is 89.1 cm³/mol. The maximum atomic E-state index is 12.5. The number of aromatic carboxylic acids is 2. The summed E-state index contributed by atoms with van der Waals surface area (Å²) in [6.07, 6.45) is 1.25. The second kappa shape index (κ2) is 8.17. The summed E-state index contributed by atoms with van der Waals surface area (Å²) in [6.45, 7) is 0. The van der Waals surface area contributed by atoms with Crippen molar-refractivity contribution in [3.05, 3.63) is 77.0 Å². The van der Waals surface area contributed by atoms with E-state index < -0.39 is 11.9 Å². The molecule has 27 heavy (non-hydrogen) atoms. The van der Waals surface area contributed by atoms with E-state index in [2.05, 4.69) is 5.10 Å². The Labute approximate surface area is 175 Å². The summed E-state index contributed by atoms with van der Waals surface area (Å²) < 4.78 is 1.11. The molecule has 0 radical (unpaired) electrons. The number of nitrogens with two attached hydrogens (primary N) is 1. The minimum atomic E-state index is -1.54. The topological polar surface area (TPSA) is 138 Å². The van der Waals surface area contributed by atoms with E-state index in [-0.39, 0.29) is 63.5 Å². The number of carboxylic acids is 2. The monoisotopic (exact) mass is 373 g/mol. The number of carbonyl (C=O) groups excluding carboxylic acids is 2. The molecule has 0 aliphatic carbocycles. The van der Waals surface area contributed by atoms with Gasteiger partial charge in [0, 0.05) is 11.1 Å². The van der Waals surface area contributed by atoms with Gasteiger partial charge in [-0.15, -0.1) is 0 Å². The first kappa shape index (κ1) is 20.4. The van der Waals surface area contributed by atoms with Crippen LogP contribution in [0.1, 0.15) is 36.6 Å². The van der Waals surface area contributed by atoms with Crippen LogP contribution in [0.4, 0.5) is 5.82 Å². The Morgan fingerprint density at radius 3 is 2.22 bits per heavy atom. The van der Waals surface area contributed by atoms with Crippen molar-refractivity contribution in [1.29, 1.82) is 0 Å². The Hall–Kier alpha value is -2.94. The molecule has 3 N–H and O–H groups in total. The summed E-state index contributed by atoms with van der Waals surface area (Å²) >= 11 is 0. The van der Waals surface area contributed by atoms with E-state index in [1.54, 1.807) is 30.3 Å². The molecule has 0 saturated heterocycles. The number of benzene rings is 2. The number of hydrogen-bond acceptors (Lipinski definition) is 6. The van der Waals surface area contributed by atoms with Gasteiger partial charge in [-0.25, -0.2) is 9.48 Å². The normalized spacial score (nSPS) is 10.1. The number of anilines is 1. The Balaban J connectivity index is 0.00000261. The molecule has 0 bridgehead atoms. The molecule has 3 aromatic rings. The van der Waals surface area contributed by atoms with E-state index >= 15 is 0 Å². The molecule has 0 spiro atoms. The Kier molecular flexibility index (Phi) is 6.17. The van der Waals surface area contributed by atoms with Crippen molar-refractivity contribution < 1.29 is 54.2 Å². The van der Waals surface area contributed by atoms with Crippen molar-refractivity contribution in [2.45, 2.75) is 0 Å². The molecular formula is C18H12N3NaO5. The molecule has 0 atom stereocenters. The maximum Gasteiger partial charge on any atom is 1.00 e. The third-order valence-electron chi connectivity index (χ3n) is 3.73. The van der Waals surface area contributed by atoms with Crippen LogP contribution >= 0.6 is 0 Å². The summed E-state index contributed by atoms with van der Waals surface area (Å²) in [4.78, 5) is 34.9. The average Bonchev–Trinajstić information content (AvgIpc) is 3.02. The van der Waals surface area contributed by atoms with Crippen LogP contribution in [0.5, 0.6) is 0 Å². The minimum absolute atomic E-state index is 0. The van der Waals surface area contributed by atoms with Gasteiger partial charge in [-0.05, 0) is 18.2 Å². The van der Waals surface area contributed by atoms with Gasteiger partial charge in [0.2, 0.25) is 0 Å². The van der Waals surface area contributed by atoms with E-state index in [9.17, 15) is 19.5 Å². The zero-order valence-electron chi connectivity index (χ0n) is 14.2. The number of hydrogen-bond donors (Lipinski definition) is 2. The number of nitrogens with zero attached hydrogens (tertiary/aromatic N) is 2. The Bertz CT molecular complexity index is 998. The molecule has 0 saturated carbocycles. The third kappa shape index (κ3) is 4.08. The molecule has 0 fully saturated rings. The summed E-state index contributed by atoms with van der Waals surface area (Å²) in [5.74, 6) is -3.25. The smallest absolute Gasteiger partial charge is 0.545 e. The zero-order chi connectivity index (χ0) is 18.8. The quantitative estimate of drug-likeness (QED) is 0.381. The van der Waals surface area contributed by atoms with Gasteiger partial charge in [-0.3, -0.25) is 4.79 Å². The molecule has 3 rings (SSSR count). The van der Waals surface area contributed by atoms with Gasteiger partial charge in [-0.2, -0.15) is 5.10 Å². The molecule has 1 heterocycles. The van der Waals surface area contributed by atoms with Gasteiger partial charge in [0.15, 0.2) is 5.78 Å². The van der Waals surface area contributed by atoms with Crippen molar-refractivity contribution in [1.82, 2.24) is 9.78 Å². The summed E-state index contributed by atoms with van der Waals surface area (Å²) in [5, 5.41) is 24.3. The summed E-state index contributed by atoms with van der Waals surface area (Å²) in [5.41, 5.74) is 6.00. The SMILES string of the molecule is Nc1c(C(=O)c2ccccc2)cnn1-c1cc(C(=O)[O-])cc(C(=O)O)c1.[Na+]. The van der Waals surface area contributed by atoms with Crippen LogP contribution in [0.3, 0.4) is 0 Å². The first-order valence-corrected chi connectivity index (χ1v) is 7.42. The number of aromatic nitrogens is 2. The van der Waals surface area contributed by atoms with Crippen LogP contribution in [0.25, 0.3) is 5.69 Å². The van der Waals surface area contributed by atoms with Gasteiger partial charge in [-0.1, -0.05) is 30.3 Å². The van der Waals surface area contributed by atoms with Gasteiger partial charge < -0.3 is 20.7 Å². The van der Waals surface area contributed by atoms with E-state index in [4.69, 9.17) is 10.8 Å². The minimum Gasteiger partial charge on any atom is -0.545 e. The van der Waals surface area contributed by atoms with Crippen LogP contribution in [0.15, 0.2) is 54.7 Å². The first-order chi connectivity index (χ1) is 12.4. The fourth-order valence-corrected chi connectivity index (χ4v) is 2.46. The van der Waals surface area contributed by atoms with Crippen molar-refractivity contribution in [2.75, 3.05) is 5.73 Å². The summed E-state index contributed by atoms with van der Waals surface area (Å²) in [7, 11) is 0. The third-order valence-corrected chi connectivity index (χ3v) is 3.73. The Morgan fingerprint density at radius 2 is 1.63 bits per heavy atom. The largest absolute Gasteiger partial charge is 1.00 e. The second-order valence-corrected chi connectivity index (χ2v) is 5.41. The number of rotatable bonds is 5. The molecule has 0 aliphatic rings. The van der Waals surface area contributed by atoms with Crippen molar-refractivity contribution in [2.24, 2.45) is 0 Å². The molecule has 0 unspecified atom stereocenters. The van der Waals surface area contributed by atoms with Crippen molar-refractivity contribution >= 4 is 23.5 Å². The van der Waals surface area contributed by atoms with E-state index in [0.29, 0.717) is 5.56 Å². The van der Waals surface area contributed by atoms with Crippen LogP contribution in [-0.2, 0) is 0 Å². The fourth-order valence-electron chi connectivity index (χ4n) is 2.46. The molecule has 9 heteroatoms. The fraction of sp³-hybridized carbons (Fsp3) is 0. The number of carbonyl (C=O) groups is 3. The number of nitrogen functional groups attached to an aromatic ring is 1. The molecular weight excluding hydrogens is 361 g/mol. The summed E-state index contributed by atoms with van der Waals surface area (Å²) in [6, 6.07) is 11.8. The maximum absolute atomic E-state index is 12.5. The Morgan fingerprint density at radius 1 is 1.00 bits per heavy atom. The predicted octanol–water partition coefficient (Wildman–Crippen LogP) is -2.25. The second-order valence-electron chi connectivity index (χ2n) is 5.41. The molecule has 1 aromatic heterocycles. The van der Waals surface area contributed by atoms with Gasteiger partial charge in [0.1, 0.15) is 5.82 Å². The van der Waals surface area contributed by atoms with Crippen LogP contribution in [0, 0.1) is 0 Å². The van der Waals surface area contributed by atoms with Gasteiger partial charge >= 0.3 is 35.5 Å². The molecule has 8 nitrogen and oxygen atoms in total. The number of ketones is 1. The molecule has 0 aliphatic heterocycles. The number of carboxylic acid groups (broad SMARTS) is 2. The van der Waals surface area contributed by atoms with Crippen LogP contribution in [-0.4, -0.2) is 32.6 Å². The van der Waals surface area contributed by atoms with Crippen molar-refractivity contribution in [3.8, 4) is 5.69 Å². The zero-order valence-corrected chi connectivity index (χ0v) is 16.2. The van der Waals surface area contributed by atoms with Crippen LogP contribution in [0.2, 0.25) is 0 Å². The molecule has 130 valence electrons. The van der Waals surface area contributed by atoms with E-state index in [0.717, 1.165) is 10.7 Å². The standard InChI is InChI=1S/C18H13N3O5.Na/c19-16-14(15(22)10-4-2-1-3-5-10)9-20-21(16)13-7-11(17(23)24)6-12(8-13)18(25)26;/h1-9H,19H2,(H,23,24)(H,25,26);/q;+1/p-1. The van der Waals surface area contributed by atoms with E-state index in [1.165, 1.54) is 18.3 Å². The molecule has 0 amide bonds. The van der Waals surface area contributed by atoms with E-state index in [1.807, 2.05) is 0 Å².